The van der Waals surface area contributed by atoms with Gasteiger partial charge in [0.15, 0.2) is 0 Å². The van der Waals surface area contributed by atoms with Crippen molar-refractivity contribution in [3.63, 3.8) is 0 Å². The summed E-state index contributed by atoms with van der Waals surface area (Å²) in [6, 6.07) is 5.96. The number of carbonyl (C=O) groups is 2. The number of hydrogen-bond acceptors (Lipinski definition) is 3. The maximum Gasteiger partial charge on any atom is 0.251 e. The lowest BCUT2D eigenvalue weighted by Gasteiger charge is -2.29. The minimum atomic E-state index is 0.00204. The second-order valence-corrected chi connectivity index (χ2v) is 6.50. The maximum atomic E-state index is 12.7. The SMILES string of the molecule is CCC(=O)N1CCc2c(C(=O)NC3CCN(C)CC3)cccc21. The first-order chi connectivity index (χ1) is 11.1. The lowest BCUT2D eigenvalue weighted by molar-refractivity contribution is -0.118. The fourth-order valence-electron chi connectivity index (χ4n) is 3.51. The van der Waals surface area contributed by atoms with Gasteiger partial charge in [-0.25, -0.2) is 0 Å². The first-order valence-electron chi connectivity index (χ1n) is 8.51. The van der Waals surface area contributed by atoms with Gasteiger partial charge in [-0.3, -0.25) is 9.59 Å². The molecule has 1 aromatic carbocycles. The summed E-state index contributed by atoms with van der Waals surface area (Å²) in [5.74, 6) is 0.124. The second kappa shape index (κ2) is 6.71. The molecule has 1 fully saturated rings. The van der Waals surface area contributed by atoms with Gasteiger partial charge >= 0.3 is 0 Å². The fraction of sp³-hybridized carbons (Fsp3) is 0.556. The Balaban J connectivity index is 1.75. The highest BCUT2D eigenvalue weighted by molar-refractivity contribution is 6.01. The third-order valence-corrected chi connectivity index (χ3v) is 4.93. The molecule has 0 atom stereocenters. The van der Waals surface area contributed by atoms with Gasteiger partial charge in [-0.1, -0.05) is 13.0 Å². The summed E-state index contributed by atoms with van der Waals surface area (Å²) in [5, 5.41) is 3.17. The number of nitrogens with zero attached hydrogens (tertiary/aromatic N) is 2. The number of likely N-dealkylation sites (tertiary alicyclic amines) is 1. The Hall–Kier alpha value is -1.88. The summed E-state index contributed by atoms with van der Waals surface area (Å²) in [6.45, 7) is 4.60. The van der Waals surface area contributed by atoms with Crippen LogP contribution in [-0.4, -0.2) is 49.4 Å². The van der Waals surface area contributed by atoms with Crippen LogP contribution < -0.4 is 10.2 Å². The van der Waals surface area contributed by atoms with E-state index in [1.165, 1.54) is 0 Å². The zero-order valence-corrected chi connectivity index (χ0v) is 14.0. The number of hydrogen-bond donors (Lipinski definition) is 1. The van der Waals surface area contributed by atoms with Crippen LogP contribution in [0.4, 0.5) is 5.69 Å². The van der Waals surface area contributed by atoms with Gasteiger partial charge in [0.25, 0.3) is 5.91 Å². The molecule has 5 nitrogen and oxygen atoms in total. The summed E-state index contributed by atoms with van der Waals surface area (Å²) >= 11 is 0. The van der Waals surface area contributed by atoms with E-state index in [4.69, 9.17) is 0 Å². The minimum absolute atomic E-state index is 0.00204. The van der Waals surface area contributed by atoms with Crippen molar-refractivity contribution in [2.45, 2.75) is 38.6 Å². The van der Waals surface area contributed by atoms with E-state index in [1.54, 1.807) is 0 Å². The van der Waals surface area contributed by atoms with Gasteiger partial charge in [0.1, 0.15) is 0 Å². The number of anilines is 1. The lowest BCUT2D eigenvalue weighted by Crippen LogP contribution is -2.43. The van der Waals surface area contributed by atoms with E-state index >= 15 is 0 Å². The smallest absolute Gasteiger partial charge is 0.251 e. The van der Waals surface area contributed by atoms with E-state index in [9.17, 15) is 9.59 Å². The van der Waals surface area contributed by atoms with Crippen molar-refractivity contribution in [1.29, 1.82) is 0 Å². The Morgan fingerprint density at radius 1 is 1.22 bits per heavy atom. The van der Waals surface area contributed by atoms with Crippen molar-refractivity contribution in [3.05, 3.63) is 29.3 Å². The van der Waals surface area contributed by atoms with Gasteiger partial charge in [-0.15, -0.1) is 0 Å². The van der Waals surface area contributed by atoms with Crippen molar-refractivity contribution in [2.75, 3.05) is 31.6 Å². The normalized spacial score (nSPS) is 18.8. The molecule has 0 aromatic heterocycles. The van der Waals surface area contributed by atoms with E-state index in [0.717, 1.165) is 49.2 Å². The molecule has 3 rings (SSSR count). The topological polar surface area (TPSA) is 52.7 Å². The first-order valence-corrected chi connectivity index (χ1v) is 8.51. The highest BCUT2D eigenvalue weighted by Crippen LogP contribution is 2.31. The van der Waals surface area contributed by atoms with E-state index in [0.29, 0.717) is 13.0 Å². The molecule has 0 unspecified atom stereocenters. The molecule has 0 aliphatic carbocycles. The fourth-order valence-corrected chi connectivity index (χ4v) is 3.51. The number of benzene rings is 1. The molecular formula is C18H25N3O2. The highest BCUT2D eigenvalue weighted by Gasteiger charge is 2.28. The lowest BCUT2D eigenvalue weighted by atomic mass is 10.0. The van der Waals surface area contributed by atoms with Crippen LogP contribution in [0.3, 0.4) is 0 Å². The third kappa shape index (κ3) is 3.24. The predicted molar refractivity (Wildman–Crippen MR) is 90.8 cm³/mol. The number of piperidine rings is 1. The van der Waals surface area contributed by atoms with Gasteiger partial charge in [0, 0.05) is 30.3 Å². The van der Waals surface area contributed by atoms with E-state index in [1.807, 2.05) is 30.0 Å². The van der Waals surface area contributed by atoms with Crippen LogP contribution in [0.5, 0.6) is 0 Å². The van der Waals surface area contributed by atoms with Crippen molar-refractivity contribution in [3.8, 4) is 0 Å². The average Bonchev–Trinajstić information content (AvgIpc) is 3.00. The second-order valence-electron chi connectivity index (χ2n) is 6.50. The summed E-state index contributed by atoms with van der Waals surface area (Å²) < 4.78 is 0. The molecule has 5 heteroatoms. The maximum absolute atomic E-state index is 12.7. The van der Waals surface area contributed by atoms with Gasteiger partial charge < -0.3 is 15.1 Å². The molecule has 0 saturated carbocycles. The number of fused-ring (bicyclic) bond motifs is 1. The zero-order valence-electron chi connectivity index (χ0n) is 14.0. The van der Waals surface area contributed by atoms with Crippen molar-refractivity contribution in [2.24, 2.45) is 0 Å². The van der Waals surface area contributed by atoms with Crippen LogP contribution in [0.2, 0.25) is 0 Å². The standard InChI is InChI=1S/C18H25N3O2/c1-3-17(22)21-12-9-14-15(5-4-6-16(14)21)18(23)19-13-7-10-20(2)11-8-13/h4-6,13H,3,7-12H2,1-2H3,(H,19,23). The quantitative estimate of drug-likeness (QED) is 0.925. The van der Waals surface area contributed by atoms with Crippen molar-refractivity contribution in [1.82, 2.24) is 10.2 Å². The molecule has 1 aromatic rings. The van der Waals surface area contributed by atoms with Crippen LogP contribution in [-0.2, 0) is 11.2 Å². The highest BCUT2D eigenvalue weighted by atomic mass is 16.2. The van der Waals surface area contributed by atoms with Crippen molar-refractivity contribution >= 4 is 17.5 Å². The molecule has 1 saturated heterocycles. The largest absolute Gasteiger partial charge is 0.349 e. The van der Waals surface area contributed by atoms with Crippen LogP contribution >= 0.6 is 0 Å². The van der Waals surface area contributed by atoms with Crippen LogP contribution in [0.25, 0.3) is 0 Å². The molecule has 23 heavy (non-hydrogen) atoms. The minimum Gasteiger partial charge on any atom is -0.349 e. The van der Waals surface area contributed by atoms with Gasteiger partial charge in [-0.2, -0.15) is 0 Å². The van der Waals surface area contributed by atoms with Gasteiger partial charge in [-0.05, 0) is 57.1 Å². The van der Waals surface area contributed by atoms with E-state index < -0.39 is 0 Å². The zero-order chi connectivity index (χ0) is 16.4. The number of rotatable bonds is 3. The molecular weight excluding hydrogens is 290 g/mol. The Kier molecular flexibility index (Phi) is 4.66. The summed E-state index contributed by atoms with van der Waals surface area (Å²) in [4.78, 5) is 28.8. The Labute approximate surface area is 137 Å². The molecule has 0 bridgehead atoms. The summed E-state index contributed by atoms with van der Waals surface area (Å²) in [6.07, 6.45) is 3.25. The predicted octanol–water partition coefficient (Wildman–Crippen LogP) is 1.81. The Morgan fingerprint density at radius 2 is 1.96 bits per heavy atom. The third-order valence-electron chi connectivity index (χ3n) is 4.93. The number of amides is 2. The molecule has 124 valence electrons. The number of nitrogens with one attached hydrogen (secondary N) is 1. The number of carbonyl (C=O) groups excluding carboxylic acids is 2. The van der Waals surface area contributed by atoms with Gasteiger partial charge in [0.2, 0.25) is 5.91 Å². The molecule has 2 heterocycles. The van der Waals surface area contributed by atoms with Crippen LogP contribution in [0.1, 0.15) is 42.1 Å². The molecule has 2 aliphatic rings. The molecule has 0 radical (unpaired) electrons. The van der Waals surface area contributed by atoms with Crippen LogP contribution in [0, 0.1) is 0 Å². The van der Waals surface area contributed by atoms with E-state index in [2.05, 4.69) is 17.3 Å². The summed E-state index contributed by atoms with van der Waals surface area (Å²) in [7, 11) is 2.11. The van der Waals surface area contributed by atoms with Crippen molar-refractivity contribution < 1.29 is 9.59 Å². The molecule has 2 aliphatic heterocycles. The monoisotopic (exact) mass is 315 g/mol. The average molecular weight is 315 g/mol. The van der Waals surface area contributed by atoms with Gasteiger partial charge in [0.05, 0.1) is 0 Å². The summed E-state index contributed by atoms with van der Waals surface area (Å²) in [5.41, 5.74) is 2.65. The molecule has 0 spiro atoms. The molecule has 1 N–H and O–H groups in total. The van der Waals surface area contributed by atoms with Crippen LogP contribution in [0.15, 0.2) is 18.2 Å². The van der Waals surface area contributed by atoms with E-state index in [-0.39, 0.29) is 17.9 Å². The Bertz CT molecular complexity index is 606. The molecule has 2 amide bonds. The first kappa shape index (κ1) is 16.0. The Morgan fingerprint density at radius 3 is 2.65 bits per heavy atom.